The summed E-state index contributed by atoms with van der Waals surface area (Å²) in [6.45, 7) is 0. The summed E-state index contributed by atoms with van der Waals surface area (Å²) >= 11 is 5.83. The first-order valence-corrected chi connectivity index (χ1v) is 9.63. The van der Waals surface area contributed by atoms with Crippen LogP contribution in [0, 0.1) is 10.1 Å². The molecule has 0 heterocycles. The molecule has 2 N–H and O–H groups in total. The van der Waals surface area contributed by atoms with E-state index >= 15 is 0 Å². The van der Waals surface area contributed by atoms with Crippen molar-refractivity contribution in [3.05, 3.63) is 86.9 Å². The van der Waals surface area contributed by atoms with Gasteiger partial charge in [0.2, 0.25) is 5.75 Å². The summed E-state index contributed by atoms with van der Waals surface area (Å²) in [7, 11) is 2.90. The molecule has 9 nitrogen and oxygen atoms in total. The Morgan fingerprint density at radius 1 is 0.938 bits per heavy atom. The summed E-state index contributed by atoms with van der Waals surface area (Å²) in [4.78, 5) is 35.1. The second-order valence-electron chi connectivity index (χ2n) is 6.45. The highest BCUT2D eigenvalue weighted by Gasteiger charge is 2.19. The summed E-state index contributed by atoms with van der Waals surface area (Å²) in [5, 5.41) is 16.7. The zero-order valence-corrected chi connectivity index (χ0v) is 17.8. The second-order valence-corrected chi connectivity index (χ2v) is 6.89. The Bertz CT molecular complexity index is 1200. The minimum Gasteiger partial charge on any atom is -0.493 e. The molecule has 0 aliphatic heterocycles. The molecule has 0 fully saturated rings. The lowest BCUT2D eigenvalue weighted by Crippen LogP contribution is -2.18. The molecule has 3 rings (SSSR count). The van der Waals surface area contributed by atoms with Gasteiger partial charge < -0.3 is 20.1 Å². The molecule has 0 atom stereocenters. The van der Waals surface area contributed by atoms with Crippen LogP contribution in [0.25, 0.3) is 0 Å². The fourth-order valence-electron chi connectivity index (χ4n) is 2.82. The number of benzene rings is 3. The average molecular weight is 456 g/mol. The van der Waals surface area contributed by atoms with Gasteiger partial charge >= 0.3 is 5.69 Å². The Morgan fingerprint density at radius 3 is 2.34 bits per heavy atom. The maximum absolute atomic E-state index is 12.7. The lowest BCUT2D eigenvalue weighted by molar-refractivity contribution is -0.385. The number of nitrogens with one attached hydrogen (secondary N) is 2. The van der Waals surface area contributed by atoms with E-state index < -0.39 is 10.8 Å². The predicted molar refractivity (Wildman–Crippen MR) is 119 cm³/mol. The molecule has 0 aromatic heterocycles. The fourth-order valence-corrected chi connectivity index (χ4v) is 2.98. The summed E-state index contributed by atoms with van der Waals surface area (Å²) in [5.74, 6) is -0.375. The van der Waals surface area contributed by atoms with Crippen molar-refractivity contribution in [1.29, 1.82) is 0 Å². The van der Waals surface area contributed by atoms with Gasteiger partial charge in [0, 0.05) is 35.0 Å². The largest absolute Gasteiger partial charge is 0.493 e. The highest BCUT2D eigenvalue weighted by molar-refractivity contribution is 6.30. The quantitative estimate of drug-likeness (QED) is 0.395. The number of carbonyl (C=O) groups excluding carboxylic acids is 2. The van der Waals surface area contributed by atoms with E-state index in [0.717, 1.165) is 0 Å². The highest BCUT2D eigenvalue weighted by atomic mass is 35.5. The molecule has 0 bridgehead atoms. The third-order valence-corrected chi connectivity index (χ3v) is 4.61. The Hall–Kier alpha value is -4.11. The molecule has 3 aromatic carbocycles. The van der Waals surface area contributed by atoms with Crippen molar-refractivity contribution >= 4 is 34.8 Å². The zero-order chi connectivity index (χ0) is 23.3. The Kier molecular flexibility index (Phi) is 6.91. The number of amides is 2. The molecule has 32 heavy (non-hydrogen) atoms. The first kappa shape index (κ1) is 22.6. The maximum atomic E-state index is 12.7. The van der Waals surface area contributed by atoms with Crippen molar-refractivity contribution in [2.75, 3.05) is 19.5 Å². The molecule has 0 saturated heterocycles. The van der Waals surface area contributed by atoms with E-state index in [9.17, 15) is 19.7 Å². The van der Waals surface area contributed by atoms with Gasteiger partial charge in [-0.3, -0.25) is 19.7 Å². The van der Waals surface area contributed by atoms with Crippen LogP contribution >= 0.6 is 11.6 Å². The van der Waals surface area contributed by atoms with Gasteiger partial charge in [-0.25, -0.2) is 0 Å². The topological polar surface area (TPSA) is 120 Å². The van der Waals surface area contributed by atoms with Crippen molar-refractivity contribution in [2.24, 2.45) is 0 Å². The van der Waals surface area contributed by atoms with E-state index in [4.69, 9.17) is 21.1 Å². The SMILES string of the molecule is CNC(=O)c1cccc(NC(=O)c2ccc(Oc3ccc(Cl)cc3[N+](=O)[O-])c(OC)c2)c1. The van der Waals surface area contributed by atoms with Crippen molar-refractivity contribution in [1.82, 2.24) is 5.32 Å². The normalized spacial score (nSPS) is 10.2. The number of carbonyl (C=O) groups is 2. The molecule has 2 amide bonds. The van der Waals surface area contributed by atoms with E-state index in [1.165, 1.54) is 50.6 Å². The summed E-state index contributed by atoms with van der Waals surface area (Å²) in [5.41, 5.74) is 0.783. The Balaban J connectivity index is 1.84. The smallest absolute Gasteiger partial charge is 0.313 e. The van der Waals surface area contributed by atoms with Crippen molar-refractivity contribution in [2.45, 2.75) is 0 Å². The lowest BCUT2D eigenvalue weighted by atomic mass is 10.1. The van der Waals surface area contributed by atoms with Crippen molar-refractivity contribution in [3.8, 4) is 17.2 Å². The van der Waals surface area contributed by atoms with Gasteiger partial charge in [-0.05, 0) is 48.5 Å². The van der Waals surface area contributed by atoms with Gasteiger partial charge in [0.15, 0.2) is 11.5 Å². The zero-order valence-electron chi connectivity index (χ0n) is 17.0. The summed E-state index contributed by atoms with van der Waals surface area (Å²) in [6, 6.07) is 14.9. The molecule has 0 spiro atoms. The molecule has 0 aliphatic rings. The number of ether oxygens (including phenoxy) is 2. The van der Waals surface area contributed by atoms with Crippen LogP contribution in [0.5, 0.6) is 17.2 Å². The molecule has 0 unspecified atom stereocenters. The standard InChI is InChI=1S/C22H18ClN3O6/c1-24-21(27)13-4-3-5-16(10-13)25-22(28)14-6-8-19(20(11-14)31-2)32-18-9-7-15(23)12-17(18)26(29)30/h3-12H,1-2H3,(H,24,27)(H,25,28). The van der Waals surface area contributed by atoms with Crippen LogP contribution in [-0.4, -0.2) is 30.9 Å². The number of methoxy groups -OCH3 is 1. The predicted octanol–water partition coefficient (Wildman–Crippen LogP) is 4.66. The number of hydrogen-bond acceptors (Lipinski definition) is 6. The van der Waals surface area contributed by atoms with E-state index in [0.29, 0.717) is 11.3 Å². The Morgan fingerprint density at radius 2 is 1.66 bits per heavy atom. The number of nitro groups is 1. The minimum absolute atomic E-state index is 0.0269. The first-order valence-electron chi connectivity index (χ1n) is 9.25. The fraction of sp³-hybridized carbons (Fsp3) is 0.0909. The van der Waals surface area contributed by atoms with Gasteiger partial charge in [0.1, 0.15) is 0 Å². The van der Waals surface area contributed by atoms with Crippen LogP contribution in [0.3, 0.4) is 0 Å². The van der Waals surface area contributed by atoms with E-state index in [1.807, 2.05) is 0 Å². The van der Waals surface area contributed by atoms with Crippen LogP contribution < -0.4 is 20.1 Å². The van der Waals surface area contributed by atoms with Crippen LogP contribution in [0.4, 0.5) is 11.4 Å². The molecule has 0 saturated carbocycles. The van der Waals surface area contributed by atoms with Crippen molar-refractivity contribution < 1.29 is 24.0 Å². The second kappa shape index (κ2) is 9.80. The van der Waals surface area contributed by atoms with Crippen LogP contribution in [0.1, 0.15) is 20.7 Å². The van der Waals surface area contributed by atoms with Crippen LogP contribution in [0.2, 0.25) is 5.02 Å². The van der Waals surface area contributed by atoms with Crippen molar-refractivity contribution in [3.63, 3.8) is 0 Å². The minimum atomic E-state index is -0.609. The highest BCUT2D eigenvalue weighted by Crippen LogP contribution is 2.38. The molecule has 10 heteroatoms. The number of rotatable bonds is 7. The number of nitro benzene ring substituents is 1. The summed E-state index contributed by atoms with van der Waals surface area (Å²) in [6.07, 6.45) is 0. The molecule has 0 radical (unpaired) electrons. The molecule has 3 aromatic rings. The van der Waals surface area contributed by atoms with E-state index in [2.05, 4.69) is 10.6 Å². The molecular formula is C22H18ClN3O6. The third kappa shape index (κ3) is 5.13. The summed E-state index contributed by atoms with van der Waals surface area (Å²) < 4.78 is 10.9. The number of halogens is 1. The Labute approximate surface area is 188 Å². The van der Waals surface area contributed by atoms with Gasteiger partial charge in [0.05, 0.1) is 12.0 Å². The average Bonchev–Trinajstić information content (AvgIpc) is 2.79. The third-order valence-electron chi connectivity index (χ3n) is 4.37. The van der Waals surface area contributed by atoms with E-state index in [1.54, 1.807) is 24.3 Å². The van der Waals surface area contributed by atoms with Gasteiger partial charge in [0.25, 0.3) is 11.8 Å². The molecule has 164 valence electrons. The van der Waals surface area contributed by atoms with Gasteiger partial charge in [-0.1, -0.05) is 17.7 Å². The van der Waals surface area contributed by atoms with E-state index in [-0.39, 0.29) is 39.4 Å². The lowest BCUT2D eigenvalue weighted by Gasteiger charge is -2.13. The monoisotopic (exact) mass is 455 g/mol. The van der Waals surface area contributed by atoms with Crippen LogP contribution in [0.15, 0.2) is 60.7 Å². The number of nitrogens with zero attached hydrogens (tertiary/aromatic N) is 1. The van der Waals surface area contributed by atoms with Crippen LogP contribution in [-0.2, 0) is 0 Å². The number of anilines is 1. The molecular weight excluding hydrogens is 438 g/mol. The molecule has 0 aliphatic carbocycles. The number of hydrogen-bond donors (Lipinski definition) is 2. The first-order chi connectivity index (χ1) is 15.3. The maximum Gasteiger partial charge on any atom is 0.313 e. The van der Waals surface area contributed by atoms with Gasteiger partial charge in [-0.15, -0.1) is 0 Å². The van der Waals surface area contributed by atoms with Gasteiger partial charge in [-0.2, -0.15) is 0 Å².